The Kier molecular flexibility index (Phi) is 4.22. The van der Waals surface area contributed by atoms with Crippen LogP contribution in [0.15, 0.2) is 6.07 Å². The lowest BCUT2D eigenvalue weighted by atomic mass is 10.2. The second-order valence-corrected chi connectivity index (χ2v) is 2.52. The molecule has 1 aromatic carbocycles. The zero-order chi connectivity index (χ0) is 10.9. The predicted octanol–water partition coefficient (Wildman–Crippen LogP) is 1.38. The third-order valence-electron chi connectivity index (χ3n) is 1.41. The first-order valence-electron chi connectivity index (χ1n) is 3.54. The Balaban J connectivity index is 0.00000196. The summed E-state index contributed by atoms with van der Waals surface area (Å²) in [5, 5.41) is 1.65. The Hall–Kier alpha value is -1.63. The highest BCUT2D eigenvalue weighted by Crippen LogP contribution is 2.23. The van der Waals surface area contributed by atoms with E-state index in [2.05, 4.69) is 0 Å². The molecule has 0 aliphatic carbocycles. The van der Waals surface area contributed by atoms with Gasteiger partial charge in [0.1, 0.15) is 5.69 Å². The minimum absolute atomic E-state index is 0. The van der Waals surface area contributed by atoms with Crippen LogP contribution < -0.4 is 5.32 Å². The summed E-state index contributed by atoms with van der Waals surface area (Å²) in [5.41, 5.74) is -1.12. The van der Waals surface area contributed by atoms with E-state index in [1.807, 2.05) is 0 Å². The van der Waals surface area contributed by atoms with Gasteiger partial charge in [-0.25, -0.2) is 17.6 Å². The smallest absolute Gasteiger partial charge is 0.221 e. The molecule has 1 aromatic rings. The highest BCUT2D eigenvalue weighted by molar-refractivity contribution is 5.88. The lowest BCUT2D eigenvalue weighted by Gasteiger charge is -2.06. The van der Waals surface area contributed by atoms with E-state index in [1.165, 1.54) is 0 Å². The van der Waals surface area contributed by atoms with Crippen molar-refractivity contribution in [1.29, 1.82) is 0 Å². The average Bonchev–Trinajstić information content (AvgIpc) is 2.09. The minimum Gasteiger partial charge on any atom is -0.412 e. The van der Waals surface area contributed by atoms with Crippen LogP contribution >= 0.6 is 0 Å². The first kappa shape index (κ1) is 13.4. The van der Waals surface area contributed by atoms with Crippen LogP contribution in [0.5, 0.6) is 0 Å². The van der Waals surface area contributed by atoms with Crippen LogP contribution in [0.4, 0.5) is 23.2 Å². The molecular formula is C8H7F4NO2. The minimum atomic E-state index is -1.63. The highest BCUT2D eigenvalue weighted by atomic mass is 19.2. The normalized spacial score (nSPS) is 9.40. The molecule has 15 heavy (non-hydrogen) atoms. The number of rotatable bonds is 1. The van der Waals surface area contributed by atoms with Gasteiger partial charge in [0.15, 0.2) is 23.3 Å². The van der Waals surface area contributed by atoms with Crippen molar-refractivity contribution in [3.05, 3.63) is 29.3 Å². The molecule has 0 heterocycles. The maximum absolute atomic E-state index is 12.8. The second kappa shape index (κ2) is 4.74. The van der Waals surface area contributed by atoms with Crippen molar-refractivity contribution in [1.82, 2.24) is 0 Å². The number of hydrogen-bond acceptors (Lipinski definition) is 1. The summed E-state index contributed by atoms with van der Waals surface area (Å²) in [4.78, 5) is 10.5. The number of carbonyl (C=O) groups excluding carboxylic acids is 1. The molecule has 0 bridgehead atoms. The second-order valence-electron chi connectivity index (χ2n) is 2.52. The lowest BCUT2D eigenvalue weighted by Crippen LogP contribution is -2.11. The van der Waals surface area contributed by atoms with E-state index in [4.69, 9.17) is 0 Å². The molecule has 0 spiro atoms. The topological polar surface area (TPSA) is 60.6 Å². The molecule has 0 unspecified atom stereocenters. The van der Waals surface area contributed by atoms with Gasteiger partial charge in [-0.3, -0.25) is 4.79 Å². The van der Waals surface area contributed by atoms with Crippen LogP contribution in [0.2, 0.25) is 0 Å². The Labute approximate surface area is 82.0 Å². The summed E-state index contributed by atoms with van der Waals surface area (Å²) in [5.74, 6) is -7.20. The van der Waals surface area contributed by atoms with Crippen LogP contribution in [0.1, 0.15) is 6.92 Å². The first-order valence-corrected chi connectivity index (χ1v) is 3.54. The van der Waals surface area contributed by atoms with Gasteiger partial charge >= 0.3 is 0 Å². The summed E-state index contributed by atoms with van der Waals surface area (Å²) >= 11 is 0. The third kappa shape index (κ3) is 2.66. The van der Waals surface area contributed by atoms with E-state index >= 15 is 0 Å². The van der Waals surface area contributed by atoms with Crippen molar-refractivity contribution >= 4 is 11.6 Å². The van der Waals surface area contributed by atoms with E-state index in [1.54, 1.807) is 5.32 Å². The van der Waals surface area contributed by atoms with Gasteiger partial charge in [0, 0.05) is 13.0 Å². The summed E-state index contributed by atoms with van der Waals surface area (Å²) in [6.07, 6.45) is 0. The molecule has 1 amide bonds. The van der Waals surface area contributed by atoms with Gasteiger partial charge in [0.2, 0.25) is 5.91 Å². The van der Waals surface area contributed by atoms with Crippen molar-refractivity contribution < 1.29 is 27.8 Å². The molecule has 0 radical (unpaired) electrons. The van der Waals surface area contributed by atoms with Crippen LogP contribution in [-0.2, 0) is 4.79 Å². The van der Waals surface area contributed by atoms with Crippen LogP contribution in [-0.4, -0.2) is 11.4 Å². The van der Waals surface area contributed by atoms with Crippen molar-refractivity contribution in [2.24, 2.45) is 0 Å². The summed E-state index contributed by atoms with van der Waals surface area (Å²) in [7, 11) is 0. The highest BCUT2D eigenvalue weighted by Gasteiger charge is 2.19. The molecule has 0 atom stereocenters. The van der Waals surface area contributed by atoms with Gasteiger partial charge < -0.3 is 10.8 Å². The summed E-state index contributed by atoms with van der Waals surface area (Å²) in [6, 6.07) is 0.0655. The Bertz CT molecular complexity index is 368. The predicted molar refractivity (Wildman–Crippen MR) is 44.2 cm³/mol. The fourth-order valence-electron chi connectivity index (χ4n) is 0.859. The van der Waals surface area contributed by atoms with Crippen molar-refractivity contribution in [2.45, 2.75) is 6.92 Å². The zero-order valence-corrected chi connectivity index (χ0v) is 7.50. The summed E-state index contributed by atoms with van der Waals surface area (Å²) in [6.45, 7) is 0.960. The zero-order valence-electron chi connectivity index (χ0n) is 7.50. The van der Waals surface area contributed by atoms with E-state index in [0.717, 1.165) is 6.92 Å². The molecule has 0 saturated heterocycles. The third-order valence-corrected chi connectivity index (χ3v) is 1.41. The molecule has 1 rings (SSSR count). The SMILES string of the molecule is CC(=O)Nc1c(F)c(F)cc(F)c1F.O. The van der Waals surface area contributed by atoms with Gasteiger partial charge in [-0.15, -0.1) is 0 Å². The molecule has 0 saturated carbocycles. The van der Waals surface area contributed by atoms with Gasteiger partial charge in [-0.05, 0) is 0 Å². The van der Waals surface area contributed by atoms with E-state index in [0.29, 0.717) is 0 Å². The molecule has 7 heteroatoms. The summed E-state index contributed by atoms with van der Waals surface area (Å²) < 4.78 is 50.7. The number of halogens is 4. The van der Waals surface area contributed by atoms with Crippen molar-refractivity contribution in [3.8, 4) is 0 Å². The molecule has 3 nitrogen and oxygen atoms in total. The largest absolute Gasteiger partial charge is 0.412 e. The number of benzene rings is 1. The monoisotopic (exact) mass is 225 g/mol. The van der Waals surface area contributed by atoms with Gasteiger partial charge in [-0.2, -0.15) is 0 Å². The fourth-order valence-corrected chi connectivity index (χ4v) is 0.859. The number of amides is 1. The Morgan fingerprint density at radius 1 is 1.13 bits per heavy atom. The van der Waals surface area contributed by atoms with Gasteiger partial charge in [-0.1, -0.05) is 0 Å². The number of carbonyl (C=O) groups is 1. The maximum atomic E-state index is 12.8. The molecule has 84 valence electrons. The Morgan fingerprint density at radius 2 is 1.53 bits per heavy atom. The quantitative estimate of drug-likeness (QED) is 0.569. The van der Waals surface area contributed by atoms with Crippen LogP contribution in [0.3, 0.4) is 0 Å². The number of anilines is 1. The number of nitrogens with one attached hydrogen (secondary N) is 1. The van der Waals surface area contributed by atoms with Gasteiger partial charge in [0.25, 0.3) is 0 Å². The standard InChI is InChI=1S/C8H5F4NO.H2O/c1-3(14)13-8-6(11)4(9)2-5(10)7(8)12;/h2H,1H3,(H,13,14);1H2. The molecule has 0 fully saturated rings. The van der Waals surface area contributed by atoms with E-state index in [-0.39, 0.29) is 11.5 Å². The van der Waals surface area contributed by atoms with E-state index in [9.17, 15) is 22.4 Å². The number of hydrogen-bond donors (Lipinski definition) is 1. The molecular weight excluding hydrogens is 218 g/mol. The maximum Gasteiger partial charge on any atom is 0.221 e. The van der Waals surface area contributed by atoms with Crippen LogP contribution in [0.25, 0.3) is 0 Å². The molecule has 0 aliphatic heterocycles. The first-order chi connectivity index (χ1) is 6.43. The molecule has 0 aliphatic rings. The Morgan fingerprint density at radius 3 is 1.87 bits per heavy atom. The lowest BCUT2D eigenvalue weighted by molar-refractivity contribution is -0.114. The van der Waals surface area contributed by atoms with Gasteiger partial charge in [0.05, 0.1) is 0 Å². The van der Waals surface area contributed by atoms with Crippen LogP contribution in [0, 0.1) is 23.3 Å². The molecule has 3 N–H and O–H groups in total. The van der Waals surface area contributed by atoms with Crippen molar-refractivity contribution in [3.63, 3.8) is 0 Å². The average molecular weight is 225 g/mol. The molecule has 0 aromatic heterocycles. The fraction of sp³-hybridized carbons (Fsp3) is 0.125. The van der Waals surface area contributed by atoms with E-state index < -0.39 is 34.9 Å². The van der Waals surface area contributed by atoms with Crippen molar-refractivity contribution in [2.75, 3.05) is 5.32 Å².